The summed E-state index contributed by atoms with van der Waals surface area (Å²) in [5, 5.41) is 0. The van der Waals surface area contributed by atoms with E-state index in [2.05, 4.69) is 38.8 Å². The van der Waals surface area contributed by atoms with Crippen LogP contribution in [0.2, 0.25) is 0 Å². The minimum atomic E-state index is 0.693. The SMILES string of the molecule is CCCC(C)/C=C(C)\C=N/CC. The molecule has 0 aliphatic carbocycles. The second-order valence-electron chi connectivity index (χ2n) is 3.30. The van der Waals surface area contributed by atoms with Crippen molar-refractivity contribution in [2.24, 2.45) is 10.9 Å². The summed E-state index contributed by atoms with van der Waals surface area (Å²) in [6.07, 6.45) is 6.79. The normalized spacial score (nSPS) is 15.5. The molecule has 0 N–H and O–H groups in total. The average Bonchev–Trinajstić information content (AvgIpc) is 2.01. The van der Waals surface area contributed by atoms with E-state index in [1.807, 2.05) is 6.21 Å². The molecule has 0 radical (unpaired) electrons. The van der Waals surface area contributed by atoms with E-state index < -0.39 is 0 Å². The lowest BCUT2D eigenvalue weighted by Gasteiger charge is -2.03. The lowest BCUT2D eigenvalue weighted by atomic mass is 10.0. The molecule has 0 heterocycles. The number of nitrogens with zero attached hydrogens (tertiary/aromatic N) is 1. The van der Waals surface area contributed by atoms with Crippen LogP contribution in [0, 0.1) is 5.92 Å². The quantitative estimate of drug-likeness (QED) is 0.556. The van der Waals surface area contributed by atoms with Gasteiger partial charge in [0.05, 0.1) is 0 Å². The summed E-state index contributed by atoms with van der Waals surface area (Å²) in [5.74, 6) is 0.693. The van der Waals surface area contributed by atoms with Crippen LogP contribution in [0.4, 0.5) is 0 Å². The third kappa shape index (κ3) is 6.14. The topological polar surface area (TPSA) is 12.4 Å². The summed E-state index contributed by atoms with van der Waals surface area (Å²) < 4.78 is 0. The first-order valence-electron chi connectivity index (χ1n) is 4.88. The van der Waals surface area contributed by atoms with Gasteiger partial charge >= 0.3 is 0 Å². The van der Waals surface area contributed by atoms with Crippen molar-refractivity contribution in [3.63, 3.8) is 0 Å². The van der Waals surface area contributed by atoms with Crippen LogP contribution in [0.1, 0.15) is 40.5 Å². The lowest BCUT2D eigenvalue weighted by Crippen LogP contribution is -1.91. The molecule has 0 aromatic heterocycles. The molecule has 0 saturated heterocycles. The summed E-state index contributed by atoms with van der Waals surface area (Å²) in [6.45, 7) is 9.53. The van der Waals surface area contributed by atoms with Gasteiger partial charge in [-0.25, -0.2) is 0 Å². The van der Waals surface area contributed by atoms with Gasteiger partial charge in [-0.15, -0.1) is 0 Å². The predicted octanol–water partition coefficient (Wildman–Crippen LogP) is 3.46. The maximum absolute atomic E-state index is 4.19. The zero-order chi connectivity index (χ0) is 9.40. The van der Waals surface area contributed by atoms with E-state index in [1.54, 1.807) is 0 Å². The van der Waals surface area contributed by atoms with Crippen LogP contribution in [0.25, 0.3) is 0 Å². The van der Waals surface area contributed by atoms with Gasteiger partial charge in [-0.2, -0.15) is 0 Å². The molecule has 0 rings (SSSR count). The van der Waals surface area contributed by atoms with Crippen molar-refractivity contribution >= 4 is 6.21 Å². The minimum absolute atomic E-state index is 0.693. The first kappa shape index (κ1) is 11.4. The Hall–Kier alpha value is -0.590. The predicted molar refractivity (Wildman–Crippen MR) is 56.9 cm³/mol. The van der Waals surface area contributed by atoms with Crippen LogP contribution in [-0.2, 0) is 0 Å². The molecule has 0 aromatic carbocycles. The molecule has 70 valence electrons. The lowest BCUT2D eigenvalue weighted by molar-refractivity contribution is 0.632. The molecule has 0 saturated carbocycles. The van der Waals surface area contributed by atoms with E-state index in [9.17, 15) is 0 Å². The van der Waals surface area contributed by atoms with E-state index in [1.165, 1.54) is 18.4 Å². The Morgan fingerprint density at radius 2 is 2.08 bits per heavy atom. The number of hydrogen-bond acceptors (Lipinski definition) is 1. The zero-order valence-electron chi connectivity index (χ0n) is 8.80. The van der Waals surface area contributed by atoms with Gasteiger partial charge in [0.15, 0.2) is 0 Å². The number of rotatable bonds is 5. The highest BCUT2D eigenvalue weighted by molar-refractivity contribution is 5.77. The molecule has 0 spiro atoms. The second-order valence-corrected chi connectivity index (χ2v) is 3.30. The van der Waals surface area contributed by atoms with Crippen LogP contribution in [0.5, 0.6) is 0 Å². The van der Waals surface area contributed by atoms with Gasteiger partial charge in [0.25, 0.3) is 0 Å². The Morgan fingerprint density at radius 3 is 2.58 bits per heavy atom. The largest absolute Gasteiger partial charge is 0.293 e. The van der Waals surface area contributed by atoms with Crippen molar-refractivity contribution in [3.8, 4) is 0 Å². The molecule has 0 amide bonds. The summed E-state index contributed by atoms with van der Waals surface area (Å²) in [7, 11) is 0. The minimum Gasteiger partial charge on any atom is -0.293 e. The van der Waals surface area contributed by atoms with Crippen molar-refractivity contribution in [1.29, 1.82) is 0 Å². The average molecular weight is 167 g/mol. The van der Waals surface area contributed by atoms with Crippen molar-refractivity contribution in [3.05, 3.63) is 11.6 Å². The highest BCUT2D eigenvalue weighted by Gasteiger charge is 1.94. The van der Waals surface area contributed by atoms with Crippen LogP contribution in [0.3, 0.4) is 0 Å². The van der Waals surface area contributed by atoms with E-state index in [4.69, 9.17) is 0 Å². The Balaban J connectivity index is 3.88. The fourth-order valence-corrected chi connectivity index (χ4v) is 1.27. The summed E-state index contributed by atoms with van der Waals surface area (Å²) in [6, 6.07) is 0. The van der Waals surface area contributed by atoms with Gasteiger partial charge in [0, 0.05) is 12.8 Å². The highest BCUT2D eigenvalue weighted by Crippen LogP contribution is 2.08. The van der Waals surface area contributed by atoms with Gasteiger partial charge in [0.2, 0.25) is 0 Å². The molecule has 0 aliphatic rings. The maximum atomic E-state index is 4.19. The second kappa shape index (κ2) is 7.08. The number of aliphatic imine (C=N–C) groups is 1. The van der Waals surface area contributed by atoms with Crippen molar-refractivity contribution < 1.29 is 0 Å². The monoisotopic (exact) mass is 167 g/mol. The van der Waals surface area contributed by atoms with E-state index in [0.29, 0.717) is 5.92 Å². The summed E-state index contributed by atoms with van der Waals surface area (Å²) >= 11 is 0. The van der Waals surface area contributed by atoms with Crippen LogP contribution in [0.15, 0.2) is 16.6 Å². The highest BCUT2D eigenvalue weighted by atomic mass is 14.7. The molecule has 12 heavy (non-hydrogen) atoms. The Kier molecular flexibility index (Phi) is 6.73. The Morgan fingerprint density at radius 1 is 1.42 bits per heavy atom. The van der Waals surface area contributed by atoms with Gasteiger partial charge in [-0.3, -0.25) is 4.99 Å². The molecule has 0 bridgehead atoms. The molecule has 0 aliphatic heterocycles. The van der Waals surface area contributed by atoms with Crippen LogP contribution < -0.4 is 0 Å². The first-order chi connectivity index (χ1) is 5.70. The third-order valence-electron chi connectivity index (χ3n) is 1.77. The number of allylic oxidation sites excluding steroid dienone is 2. The third-order valence-corrected chi connectivity index (χ3v) is 1.77. The van der Waals surface area contributed by atoms with Crippen molar-refractivity contribution in [2.75, 3.05) is 6.54 Å². The molecule has 1 atom stereocenters. The summed E-state index contributed by atoms with van der Waals surface area (Å²) in [4.78, 5) is 4.19. The fraction of sp³-hybridized carbons (Fsp3) is 0.727. The first-order valence-corrected chi connectivity index (χ1v) is 4.88. The zero-order valence-corrected chi connectivity index (χ0v) is 8.80. The van der Waals surface area contributed by atoms with Gasteiger partial charge in [-0.05, 0) is 31.8 Å². The molecule has 1 unspecified atom stereocenters. The molecular formula is C11H21N. The van der Waals surface area contributed by atoms with E-state index in [-0.39, 0.29) is 0 Å². The summed E-state index contributed by atoms with van der Waals surface area (Å²) in [5.41, 5.74) is 1.29. The Labute approximate surface area is 76.6 Å². The molecule has 0 fully saturated rings. The molecule has 1 heteroatoms. The van der Waals surface area contributed by atoms with Crippen molar-refractivity contribution in [1.82, 2.24) is 0 Å². The van der Waals surface area contributed by atoms with E-state index in [0.717, 1.165) is 6.54 Å². The molecule has 0 aromatic rings. The van der Waals surface area contributed by atoms with Gasteiger partial charge < -0.3 is 0 Å². The molecule has 1 nitrogen and oxygen atoms in total. The van der Waals surface area contributed by atoms with Gasteiger partial charge in [0.1, 0.15) is 0 Å². The standard InChI is InChI=1S/C11H21N/c1-5-7-10(3)8-11(4)9-12-6-2/h8-10H,5-7H2,1-4H3/b11-8-,12-9-. The smallest absolute Gasteiger partial charge is 0.0361 e. The number of hydrogen-bond donors (Lipinski definition) is 0. The van der Waals surface area contributed by atoms with Crippen LogP contribution >= 0.6 is 0 Å². The van der Waals surface area contributed by atoms with Crippen LogP contribution in [-0.4, -0.2) is 12.8 Å². The Bertz CT molecular complexity index is 156. The van der Waals surface area contributed by atoms with Crippen molar-refractivity contribution in [2.45, 2.75) is 40.5 Å². The molecular weight excluding hydrogens is 146 g/mol. The maximum Gasteiger partial charge on any atom is 0.0361 e. The fourth-order valence-electron chi connectivity index (χ4n) is 1.27. The van der Waals surface area contributed by atoms with E-state index >= 15 is 0 Å². The van der Waals surface area contributed by atoms with Gasteiger partial charge in [-0.1, -0.05) is 26.3 Å².